The van der Waals surface area contributed by atoms with Gasteiger partial charge in [-0.05, 0) is 36.8 Å². The molecular formula is C17H13NO3. The third kappa shape index (κ3) is 1.80. The number of ketones is 1. The van der Waals surface area contributed by atoms with Crippen LogP contribution in [-0.2, 0) is 0 Å². The molecule has 1 N–H and O–H groups in total. The Morgan fingerprint density at radius 2 is 2.00 bits per heavy atom. The first-order valence-electron chi connectivity index (χ1n) is 6.75. The van der Waals surface area contributed by atoms with Crippen LogP contribution in [0, 0.1) is 6.92 Å². The Hall–Kier alpha value is -2.75. The molecule has 0 unspecified atom stereocenters. The Morgan fingerprint density at radius 1 is 1.14 bits per heavy atom. The molecule has 2 heterocycles. The third-order valence-corrected chi connectivity index (χ3v) is 3.79. The quantitative estimate of drug-likeness (QED) is 0.731. The van der Waals surface area contributed by atoms with E-state index in [1.807, 2.05) is 25.1 Å². The Morgan fingerprint density at radius 3 is 2.90 bits per heavy atom. The van der Waals surface area contributed by atoms with Gasteiger partial charge in [0.1, 0.15) is 0 Å². The molecule has 0 saturated carbocycles. The highest BCUT2D eigenvalue weighted by molar-refractivity contribution is 6.17. The predicted octanol–water partition coefficient (Wildman–Crippen LogP) is 3.44. The molecule has 0 atom stereocenters. The van der Waals surface area contributed by atoms with Crippen LogP contribution in [0.4, 0.5) is 0 Å². The predicted molar refractivity (Wildman–Crippen MR) is 79.0 cm³/mol. The van der Waals surface area contributed by atoms with Gasteiger partial charge in [-0.2, -0.15) is 0 Å². The maximum absolute atomic E-state index is 12.8. The number of carbonyl (C=O) groups excluding carboxylic acids is 1. The zero-order valence-electron chi connectivity index (χ0n) is 11.5. The molecular weight excluding hydrogens is 266 g/mol. The fourth-order valence-corrected chi connectivity index (χ4v) is 2.74. The number of carbonyl (C=O) groups is 1. The summed E-state index contributed by atoms with van der Waals surface area (Å²) in [6.45, 7) is 2.21. The maximum Gasteiger partial charge on any atom is 0.231 e. The summed E-state index contributed by atoms with van der Waals surface area (Å²) >= 11 is 0. The Labute approximate surface area is 121 Å². The summed E-state index contributed by atoms with van der Waals surface area (Å²) < 4.78 is 10.6. The van der Waals surface area contributed by atoms with E-state index in [1.165, 1.54) is 0 Å². The number of hydrogen-bond acceptors (Lipinski definition) is 3. The molecule has 0 spiro atoms. The molecule has 104 valence electrons. The first-order chi connectivity index (χ1) is 10.2. The van der Waals surface area contributed by atoms with E-state index in [0.29, 0.717) is 22.6 Å². The van der Waals surface area contributed by atoms with Gasteiger partial charge in [0.25, 0.3) is 0 Å². The van der Waals surface area contributed by atoms with E-state index in [1.54, 1.807) is 24.4 Å². The highest BCUT2D eigenvalue weighted by Crippen LogP contribution is 2.34. The number of hydrogen-bond donors (Lipinski definition) is 1. The van der Waals surface area contributed by atoms with Crippen molar-refractivity contribution in [1.29, 1.82) is 0 Å². The number of nitrogens with one attached hydrogen (secondary N) is 1. The van der Waals surface area contributed by atoms with Crippen molar-refractivity contribution in [3.63, 3.8) is 0 Å². The molecule has 21 heavy (non-hydrogen) atoms. The minimum Gasteiger partial charge on any atom is -0.454 e. The minimum absolute atomic E-state index is 0.0196. The molecule has 1 aromatic heterocycles. The van der Waals surface area contributed by atoms with E-state index in [9.17, 15) is 4.79 Å². The van der Waals surface area contributed by atoms with Gasteiger partial charge in [0, 0.05) is 28.2 Å². The van der Waals surface area contributed by atoms with Crippen LogP contribution in [-0.4, -0.2) is 17.6 Å². The van der Waals surface area contributed by atoms with E-state index < -0.39 is 0 Å². The molecule has 4 nitrogen and oxygen atoms in total. The second-order valence-corrected chi connectivity index (χ2v) is 5.10. The summed E-state index contributed by atoms with van der Waals surface area (Å²) in [6.07, 6.45) is 1.77. The minimum atomic E-state index is -0.0196. The smallest absolute Gasteiger partial charge is 0.231 e. The molecule has 4 rings (SSSR count). The average molecular weight is 279 g/mol. The lowest BCUT2D eigenvalue weighted by molar-refractivity contribution is 0.104. The zero-order chi connectivity index (χ0) is 14.4. The Kier molecular flexibility index (Phi) is 2.51. The van der Waals surface area contributed by atoms with Gasteiger partial charge in [-0.1, -0.05) is 12.1 Å². The number of ether oxygens (including phenoxy) is 2. The topological polar surface area (TPSA) is 51.3 Å². The van der Waals surface area contributed by atoms with Crippen LogP contribution in [0.5, 0.6) is 11.5 Å². The van der Waals surface area contributed by atoms with Gasteiger partial charge in [-0.25, -0.2) is 0 Å². The lowest BCUT2D eigenvalue weighted by Crippen LogP contribution is -2.00. The van der Waals surface area contributed by atoms with Crippen LogP contribution >= 0.6 is 0 Å². The molecule has 2 aromatic carbocycles. The Balaban J connectivity index is 1.83. The largest absolute Gasteiger partial charge is 0.454 e. The van der Waals surface area contributed by atoms with Crippen LogP contribution in [0.2, 0.25) is 0 Å². The zero-order valence-corrected chi connectivity index (χ0v) is 11.5. The summed E-state index contributed by atoms with van der Waals surface area (Å²) in [5, 5.41) is 0.972. The van der Waals surface area contributed by atoms with Gasteiger partial charge in [-0.15, -0.1) is 0 Å². The van der Waals surface area contributed by atoms with Crippen LogP contribution in [0.25, 0.3) is 10.9 Å². The first-order valence-corrected chi connectivity index (χ1v) is 6.75. The fraction of sp³-hybridized carbons (Fsp3) is 0.118. The summed E-state index contributed by atoms with van der Waals surface area (Å²) in [6, 6.07) is 11.2. The molecule has 0 radical (unpaired) electrons. The van der Waals surface area contributed by atoms with Gasteiger partial charge in [0.05, 0.1) is 0 Å². The second kappa shape index (κ2) is 4.38. The number of benzene rings is 2. The Bertz CT molecular complexity index is 864. The number of rotatable bonds is 2. The summed E-state index contributed by atoms with van der Waals surface area (Å²) in [5.74, 6) is 1.29. The molecule has 0 amide bonds. The van der Waals surface area contributed by atoms with Crippen LogP contribution < -0.4 is 9.47 Å². The molecule has 0 fully saturated rings. The SMILES string of the molecule is Cc1cccc2[nH]cc(C(=O)c3ccc4c(c3)OCO4)c12. The molecule has 4 heteroatoms. The number of aryl methyl sites for hydroxylation is 1. The highest BCUT2D eigenvalue weighted by atomic mass is 16.7. The first kappa shape index (κ1) is 12.0. The van der Waals surface area contributed by atoms with Crippen molar-refractivity contribution in [3.8, 4) is 11.5 Å². The maximum atomic E-state index is 12.8. The van der Waals surface area contributed by atoms with Crippen LogP contribution in [0.15, 0.2) is 42.6 Å². The molecule has 3 aromatic rings. The fourth-order valence-electron chi connectivity index (χ4n) is 2.74. The molecule has 0 bridgehead atoms. The number of aromatic nitrogens is 1. The van der Waals surface area contributed by atoms with Gasteiger partial charge in [0.15, 0.2) is 17.3 Å². The van der Waals surface area contributed by atoms with E-state index >= 15 is 0 Å². The van der Waals surface area contributed by atoms with E-state index in [2.05, 4.69) is 4.98 Å². The van der Waals surface area contributed by atoms with E-state index in [4.69, 9.17) is 9.47 Å². The molecule has 0 aliphatic carbocycles. The van der Waals surface area contributed by atoms with Crippen molar-refractivity contribution in [2.24, 2.45) is 0 Å². The molecule has 1 aliphatic heterocycles. The molecule has 1 aliphatic rings. The van der Waals surface area contributed by atoms with E-state index in [-0.39, 0.29) is 12.6 Å². The highest BCUT2D eigenvalue weighted by Gasteiger charge is 2.19. The number of fused-ring (bicyclic) bond motifs is 2. The second-order valence-electron chi connectivity index (χ2n) is 5.10. The van der Waals surface area contributed by atoms with Crippen molar-refractivity contribution in [3.05, 3.63) is 59.3 Å². The van der Waals surface area contributed by atoms with Crippen molar-refractivity contribution >= 4 is 16.7 Å². The lowest BCUT2D eigenvalue weighted by atomic mass is 10.00. The van der Waals surface area contributed by atoms with Crippen LogP contribution in [0.3, 0.4) is 0 Å². The number of aromatic amines is 1. The van der Waals surface area contributed by atoms with E-state index in [0.717, 1.165) is 16.5 Å². The standard InChI is InChI=1S/C17H13NO3/c1-10-3-2-4-13-16(10)12(8-18-13)17(19)11-5-6-14-15(7-11)21-9-20-14/h2-8,18H,9H2,1H3. The summed E-state index contributed by atoms with van der Waals surface area (Å²) in [5.41, 5.74) is 3.34. The third-order valence-electron chi connectivity index (χ3n) is 3.79. The van der Waals surface area contributed by atoms with Gasteiger partial charge >= 0.3 is 0 Å². The average Bonchev–Trinajstić information content (AvgIpc) is 3.13. The van der Waals surface area contributed by atoms with Crippen molar-refractivity contribution < 1.29 is 14.3 Å². The summed E-state index contributed by atoms with van der Waals surface area (Å²) in [4.78, 5) is 15.9. The number of H-pyrrole nitrogens is 1. The summed E-state index contributed by atoms with van der Waals surface area (Å²) in [7, 11) is 0. The van der Waals surface area contributed by atoms with Gasteiger partial charge in [0.2, 0.25) is 6.79 Å². The normalized spacial score (nSPS) is 12.8. The van der Waals surface area contributed by atoms with Crippen LogP contribution in [0.1, 0.15) is 21.5 Å². The van der Waals surface area contributed by atoms with Crippen molar-refractivity contribution in [2.75, 3.05) is 6.79 Å². The van der Waals surface area contributed by atoms with Gasteiger partial charge in [-0.3, -0.25) is 4.79 Å². The monoisotopic (exact) mass is 279 g/mol. The lowest BCUT2D eigenvalue weighted by Gasteiger charge is -2.03. The molecule has 0 saturated heterocycles. The van der Waals surface area contributed by atoms with Crippen molar-refractivity contribution in [1.82, 2.24) is 4.98 Å². The van der Waals surface area contributed by atoms with Crippen molar-refractivity contribution in [2.45, 2.75) is 6.92 Å². The van der Waals surface area contributed by atoms with Gasteiger partial charge < -0.3 is 14.5 Å².